The van der Waals surface area contributed by atoms with Crippen molar-refractivity contribution < 1.29 is 20.1 Å². The maximum absolute atomic E-state index is 12.2. The number of phenols is 1. The molecule has 0 fully saturated rings. The van der Waals surface area contributed by atoms with Crippen LogP contribution in [0.2, 0.25) is 0 Å². The van der Waals surface area contributed by atoms with E-state index in [9.17, 15) is 20.1 Å². The molecule has 0 spiro atoms. The molecule has 0 bridgehead atoms. The van der Waals surface area contributed by atoms with Gasteiger partial charge in [0.25, 0.3) is 0 Å². The third kappa shape index (κ3) is 8.19. The number of rotatable bonds is 12. The highest BCUT2D eigenvalue weighted by Crippen LogP contribution is 2.22. The molecular weight excluding hydrogens is 430 g/mol. The Bertz CT molecular complexity index is 1040. The number of hydrogen-bond donors (Lipinski definition) is 6. The summed E-state index contributed by atoms with van der Waals surface area (Å²) in [5.74, 6) is 0.0146. The summed E-state index contributed by atoms with van der Waals surface area (Å²) in [6, 6.07) is 22.4. The molecule has 0 aromatic heterocycles. The number of amides is 2. The second kappa shape index (κ2) is 13.3. The lowest BCUT2D eigenvalue weighted by Gasteiger charge is -2.14. The summed E-state index contributed by atoms with van der Waals surface area (Å²) in [4.78, 5) is 12.2. The summed E-state index contributed by atoms with van der Waals surface area (Å²) in [5.41, 5.74) is 4.09. The van der Waals surface area contributed by atoms with Crippen molar-refractivity contribution in [3.05, 3.63) is 95.1 Å². The molecule has 34 heavy (non-hydrogen) atoms. The molecule has 1 atom stereocenters. The Morgan fingerprint density at radius 1 is 0.882 bits per heavy atom. The summed E-state index contributed by atoms with van der Waals surface area (Å²) in [6.45, 7) is 1.32. The first-order chi connectivity index (χ1) is 16.5. The first kappa shape index (κ1) is 25.2. The molecule has 2 amide bonds. The molecule has 0 aliphatic heterocycles. The predicted molar refractivity (Wildman–Crippen MR) is 134 cm³/mol. The average molecular weight is 464 g/mol. The molecule has 0 radical (unpaired) electrons. The highest BCUT2D eigenvalue weighted by Gasteiger charge is 2.10. The number of benzene rings is 3. The van der Waals surface area contributed by atoms with Crippen LogP contribution in [-0.2, 0) is 19.4 Å². The summed E-state index contributed by atoms with van der Waals surface area (Å²) in [7, 11) is 0. The summed E-state index contributed by atoms with van der Waals surface area (Å²) in [5, 5.41) is 38.2. The third-order valence-corrected chi connectivity index (χ3v) is 5.54. The molecule has 6 N–H and O–H groups in total. The molecule has 0 saturated heterocycles. The van der Waals surface area contributed by atoms with Crippen molar-refractivity contribution in [3.8, 4) is 5.75 Å². The van der Waals surface area contributed by atoms with Crippen molar-refractivity contribution >= 4 is 11.7 Å². The highest BCUT2D eigenvalue weighted by atomic mass is 16.3. The molecular formula is C27H33N3O4. The van der Waals surface area contributed by atoms with Crippen LogP contribution in [0.1, 0.15) is 34.8 Å². The number of urea groups is 1. The smallest absolute Gasteiger partial charge is 0.319 e. The fourth-order valence-corrected chi connectivity index (χ4v) is 3.65. The van der Waals surface area contributed by atoms with Crippen LogP contribution < -0.4 is 16.0 Å². The molecule has 3 aromatic rings. The minimum atomic E-state index is -0.746. The number of aliphatic hydroxyl groups excluding tert-OH is 2. The molecule has 180 valence electrons. The molecule has 3 aromatic carbocycles. The Kier molecular flexibility index (Phi) is 9.91. The first-order valence-electron chi connectivity index (χ1n) is 11.5. The number of carbonyl (C=O) groups is 1. The molecule has 7 nitrogen and oxygen atoms in total. The Hall–Kier alpha value is -3.39. The Balaban J connectivity index is 1.36. The minimum absolute atomic E-state index is 0.0146. The molecule has 0 aliphatic carbocycles. The number of aromatic hydroxyl groups is 1. The van der Waals surface area contributed by atoms with Crippen molar-refractivity contribution in [3.63, 3.8) is 0 Å². The van der Waals surface area contributed by atoms with Crippen LogP contribution in [0.5, 0.6) is 5.75 Å². The van der Waals surface area contributed by atoms with Crippen LogP contribution in [0.4, 0.5) is 10.5 Å². The van der Waals surface area contributed by atoms with Gasteiger partial charge in [0, 0.05) is 24.3 Å². The lowest BCUT2D eigenvalue weighted by Crippen LogP contribution is -2.29. The Labute approximate surface area is 200 Å². The number of carbonyl (C=O) groups excluding carboxylic acids is 1. The van der Waals surface area contributed by atoms with E-state index in [1.807, 2.05) is 42.5 Å². The largest absolute Gasteiger partial charge is 0.508 e. The number of aryl methyl sites for hydroxylation is 1. The second-order valence-electron chi connectivity index (χ2n) is 8.19. The van der Waals surface area contributed by atoms with Crippen molar-refractivity contribution in [1.29, 1.82) is 0 Å². The van der Waals surface area contributed by atoms with Crippen molar-refractivity contribution in [1.82, 2.24) is 10.6 Å². The number of aliphatic hydroxyl groups is 2. The van der Waals surface area contributed by atoms with Gasteiger partial charge in [0.2, 0.25) is 0 Å². The van der Waals surface area contributed by atoms with Gasteiger partial charge in [-0.3, -0.25) is 0 Å². The van der Waals surface area contributed by atoms with Gasteiger partial charge in [-0.05, 0) is 66.8 Å². The monoisotopic (exact) mass is 463 g/mol. The van der Waals surface area contributed by atoms with Gasteiger partial charge in [-0.1, -0.05) is 48.5 Å². The van der Waals surface area contributed by atoms with Crippen molar-refractivity contribution in [2.45, 2.75) is 32.0 Å². The van der Waals surface area contributed by atoms with E-state index in [2.05, 4.69) is 28.1 Å². The van der Waals surface area contributed by atoms with Crippen LogP contribution in [0.3, 0.4) is 0 Å². The second-order valence-corrected chi connectivity index (χ2v) is 8.19. The standard InChI is InChI=1S/C27H33N3O4/c31-19-23-17-22(11-12-25(23)32)26(33)18-28-15-13-21-8-4-10-24(16-21)30-27(34)29-14-5-9-20-6-2-1-3-7-20/h1-4,6-8,10-12,16-17,26,28,31-33H,5,9,13-15,18-19H2,(H2,29,30,34)/t26-/m1/s1. The summed E-state index contributed by atoms with van der Waals surface area (Å²) in [6.07, 6.45) is 1.79. The van der Waals surface area contributed by atoms with Gasteiger partial charge < -0.3 is 31.3 Å². The number of hydrogen-bond acceptors (Lipinski definition) is 5. The predicted octanol–water partition coefficient (Wildman–Crippen LogP) is 3.50. The average Bonchev–Trinajstić information content (AvgIpc) is 2.85. The van der Waals surface area contributed by atoms with Gasteiger partial charge in [0.05, 0.1) is 12.7 Å². The van der Waals surface area contributed by atoms with E-state index < -0.39 is 6.10 Å². The zero-order valence-electron chi connectivity index (χ0n) is 19.2. The lowest BCUT2D eigenvalue weighted by atomic mass is 10.1. The molecule has 3 rings (SSSR count). The fraction of sp³-hybridized carbons (Fsp3) is 0.296. The van der Waals surface area contributed by atoms with E-state index in [4.69, 9.17) is 0 Å². The maximum Gasteiger partial charge on any atom is 0.319 e. The quantitative estimate of drug-likeness (QED) is 0.230. The van der Waals surface area contributed by atoms with Crippen LogP contribution in [0.25, 0.3) is 0 Å². The zero-order chi connectivity index (χ0) is 24.2. The van der Waals surface area contributed by atoms with Gasteiger partial charge >= 0.3 is 6.03 Å². The Morgan fingerprint density at radius 2 is 1.68 bits per heavy atom. The van der Waals surface area contributed by atoms with Crippen LogP contribution >= 0.6 is 0 Å². The van der Waals surface area contributed by atoms with Gasteiger partial charge in [-0.25, -0.2) is 4.79 Å². The molecule has 0 saturated carbocycles. The number of anilines is 1. The van der Waals surface area contributed by atoms with Gasteiger partial charge in [-0.15, -0.1) is 0 Å². The van der Waals surface area contributed by atoms with E-state index in [0.29, 0.717) is 30.8 Å². The van der Waals surface area contributed by atoms with Crippen molar-refractivity contribution in [2.24, 2.45) is 0 Å². The van der Waals surface area contributed by atoms with E-state index in [-0.39, 0.29) is 18.4 Å². The first-order valence-corrected chi connectivity index (χ1v) is 11.5. The number of nitrogens with one attached hydrogen (secondary N) is 3. The van der Waals surface area contributed by atoms with Crippen LogP contribution in [-0.4, -0.2) is 41.0 Å². The van der Waals surface area contributed by atoms with Crippen LogP contribution in [0, 0.1) is 0 Å². The van der Waals surface area contributed by atoms with E-state index in [0.717, 1.165) is 30.5 Å². The molecule has 0 aliphatic rings. The van der Waals surface area contributed by atoms with E-state index in [1.54, 1.807) is 12.1 Å². The molecule has 0 unspecified atom stereocenters. The van der Waals surface area contributed by atoms with E-state index >= 15 is 0 Å². The van der Waals surface area contributed by atoms with Gasteiger partial charge in [0.15, 0.2) is 0 Å². The SMILES string of the molecule is O=C(NCCCc1ccccc1)Nc1cccc(CCNC[C@@H](O)c2ccc(O)c(CO)c2)c1. The van der Waals surface area contributed by atoms with Crippen LogP contribution in [0.15, 0.2) is 72.8 Å². The third-order valence-electron chi connectivity index (χ3n) is 5.54. The topological polar surface area (TPSA) is 114 Å². The summed E-state index contributed by atoms with van der Waals surface area (Å²) < 4.78 is 0. The van der Waals surface area contributed by atoms with E-state index in [1.165, 1.54) is 11.6 Å². The molecule has 0 heterocycles. The van der Waals surface area contributed by atoms with Gasteiger partial charge in [-0.2, -0.15) is 0 Å². The van der Waals surface area contributed by atoms with Crippen molar-refractivity contribution in [2.75, 3.05) is 25.0 Å². The Morgan fingerprint density at radius 3 is 2.47 bits per heavy atom. The summed E-state index contributed by atoms with van der Waals surface area (Å²) >= 11 is 0. The highest BCUT2D eigenvalue weighted by molar-refractivity contribution is 5.89. The van der Waals surface area contributed by atoms with Gasteiger partial charge in [0.1, 0.15) is 5.75 Å². The lowest BCUT2D eigenvalue weighted by molar-refractivity contribution is 0.174. The minimum Gasteiger partial charge on any atom is -0.508 e. The molecule has 7 heteroatoms. The zero-order valence-corrected chi connectivity index (χ0v) is 19.2. The normalized spacial score (nSPS) is 11.7. The fourth-order valence-electron chi connectivity index (χ4n) is 3.65. The maximum atomic E-state index is 12.2.